The van der Waals surface area contributed by atoms with Gasteiger partial charge in [-0.25, -0.2) is 0 Å². The normalized spacial score (nSPS) is 17.6. The summed E-state index contributed by atoms with van der Waals surface area (Å²) in [6.45, 7) is 3.95. The standard InChI is InChI=1S/C16H22N2O3/c1-3-9-17-14-7-5-4-6-13(14)15(19)18-10-8-12(11-18)16(20)21-2/h4-7,12,17H,3,8-11H2,1-2H3. The molecule has 1 aromatic rings. The highest BCUT2D eigenvalue weighted by Crippen LogP contribution is 2.23. The van der Waals surface area contributed by atoms with Gasteiger partial charge in [-0.3, -0.25) is 9.59 Å². The first kappa shape index (κ1) is 15.4. The Kier molecular flexibility index (Phi) is 5.20. The summed E-state index contributed by atoms with van der Waals surface area (Å²) in [4.78, 5) is 25.9. The Morgan fingerprint density at radius 1 is 1.38 bits per heavy atom. The average molecular weight is 290 g/mol. The van der Waals surface area contributed by atoms with E-state index in [4.69, 9.17) is 4.74 Å². The number of hydrogen-bond acceptors (Lipinski definition) is 4. The number of benzene rings is 1. The van der Waals surface area contributed by atoms with E-state index in [-0.39, 0.29) is 17.8 Å². The van der Waals surface area contributed by atoms with Gasteiger partial charge in [-0.15, -0.1) is 0 Å². The van der Waals surface area contributed by atoms with Crippen molar-refractivity contribution in [2.45, 2.75) is 19.8 Å². The van der Waals surface area contributed by atoms with Crippen molar-refractivity contribution in [1.29, 1.82) is 0 Å². The summed E-state index contributed by atoms with van der Waals surface area (Å²) in [6.07, 6.45) is 1.67. The van der Waals surface area contributed by atoms with Gasteiger partial charge < -0.3 is 15.0 Å². The predicted octanol–water partition coefficient (Wildman–Crippen LogP) is 2.14. The van der Waals surface area contributed by atoms with Gasteiger partial charge in [0.25, 0.3) is 5.91 Å². The van der Waals surface area contributed by atoms with E-state index in [1.165, 1.54) is 7.11 Å². The van der Waals surface area contributed by atoms with Crippen LogP contribution in [-0.2, 0) is 9.53 Å². The topological polar surface area (TPSA) is 58.6 Å². The fourth-order valence-electron chi connectivity index (χ4n) is 2.56. The number of carbonyl (C=O) groups excluding carboxylic acids is 2. The lowest BCUT2D eigenvalue weighted by Gasteiger charge is -2.18. The van der Waals surface area contributed by atoms with Gasteiger partial charge in [-0.1, -0.05) is 19.1 Å². The maximum Gasteiger partial charge on any atom is 0.310 e. The second-order valence-electron chi connectivity index (χ2n) is 5.23. The monoisotopic (exact) mass is 290 g/mol. The van der Waals surface area contributed by atoms with Gasteiger partial charge in [0.05, 0.1) is 18.6 Å². The number of hydrogen-bond donors (Lipinski definition) is 1. The number of methoxy groups -OCH3 is 1. The third-order valence-corrected chi connectivity index (χ3v) is 3.73. The summed E-state index contributed by atoms with van der Waals surface area (Å²) < 4.78 is 4.76. The summed E-state index contributed by atoms with van der Waals surface area (Å²) in [5.41, 5.74) is 1.52. The number of para-hydroxylation sites is 1. The van der Waals surface area contributed by atoms with Crippen LogP contribution in [0.3, 0.4) is 0 Å². The van der Waals surface area contributed by atoms with E-state index in [0.29, 0.717) is 25.1 Å². The maximum absolute atomic E-state index is 12.6. The molecule has 2 rings (SSSR count). The molecule has 21 heavy (non-hydrogen) atoms. The largest absolute Gasteiger partial charge is 0.469 e. The smallest absolute Gasteiger partial charge is 0.310 e. The van der Waals surface area contributed by atoms with Gasteiger partial charge in [-0.05, 0) is 25.0 Å². The van der Waals surface area contributed by atoms with Gasteiger partial charge in [0.1, 0.15) is 0 Å². The first-order valence-electron chi connectivity index (χ1n) is 7.37. The molecule has 1 atom stereocenters. The fraction of sp³-hybridized carbons (Fsp3) is 0.500. The molecule has 0 aromatic heterocycles. The molecule has 1 aromatic carbocycles. The Hall–Kier alpha value is -2.04. The summed E-state index contributed by atoms with van der Waals surface area (Å²) >= 11 is 0. The SMILES string of the molecule is CCCNc1ccccc1C(=O)N1CCC(C(=O)OC)C1. The molecule has 0 radical (unpaired) electrons. The van der Waals surface area contributed by atoms with Gasteiger partial charge >= 0.3 is 5.97 Å². The van der Waals surface area contributed by atoms with Crippen molar-refractivity contribution >= 4 is 17.6 Å². The van der Waals surface area contributed by atoms with Gasteiger partial charge in [0.2, 0.25) is 0 Å². The van der Waals surface area contributed by atoms with Crippen molar-refractivity contribution in [2.75, 3.05) is 32.1 Å². The predicted molar refractivity (Wildman–Crippen MR) is 81.2 cm³/mol. The molecule has 5 heteroatoms. The van der Waals surface area contributed by atoms with Crippen molar-refractivity contribution in [3.8, 4) is 0 Å². The van der Waals surface area contributed by atoms with Crippen LogP contribution in [0.15, 0.2) is 24.3 Å². The molecule has 0 spiro atoms. The Balaban J connectivity index is 2.09. The Morgan fingerprint density at radius 2 is 2.14 bits per heavy atom. The number of amides is 1. The molecule has 0 aliphatic carbocycles. The number of nitrogens with zero attached hydrogens (tertiary/aromatic N) is 1. The lowest BCUT2D eigenvalue weighted by Crippen LogP contribution is -2.30. The number of esters is 1. The molecule has 1 aliphatic rings. The molecule has 1 heterocycles. The third-order valence-electron chi connectivity index (χ3n) is 3.73. The maximum atomic E-state index is 12.6. The Morgan fingerprint density at radius 3 is 2.86 bits per heavy atom. The van der Waals surface area contributed by atoms with E-state index in [9.17, 15) is 9.59 Å². The van der Waals surface area contributed by atoms with Crippen molar-refractivity contribution in [1.82, 2.24) is 4.90 Å². The van der Waals surface area contributed by atoms with Crippen LogP contribution in [0.2, 0.25) is 0 Å². The van der Waals surface area contributed by atoms with Crippen molar-refractivity contribution in [3.05, 3.63) is 29.8 Å². The van der Waals surface area contributed by atoms with Gasteiger partial charge in [0, 0.05) is 25.3 Å². The van der Waals surface area contributed by atoms with E-state index in [2.05, 4.69) is 12.2 Å². The van der Waals surface area contributed by atoms with Crippen molar-refractivity contribution < 1.29 is 14.3 Å². The molecular weight excluding hydrogens is 268 g/mol. The van der Waals surface area contributed by atoms with Crippen molar-refractivity contribution in [2.24, 2.45) is 5.92 Å². The molecule has 1 unspecified atom stereocenters. The molecule has 5 nitrogen and oxygen atoms in total. The lowest BCUT2D eigenvalue weighted by atomic mass is 10.1. The second-order valence-corrected chi connectivity index (χ2v) is 5.23. The Bertz CT molecular complexity index is 516. The minimum absolute atomic E-state index is 0.0272. The van der Waals surface area contributed by atoms with E-state index in [1.54, 1.807) is 4.90 Å². The first-order chi connectivity index (χ1) is 10.2. The number of carbonyl (C=O) groups is 2. The summed E-state index contributed by atoms with van der Waals surface area (Å²) in [5, 5.41) is 3.27. The Labute approximate surface area is 125 Å². The summed E-state index contributed by atoms with van der Waals surface area (Å²) in [7, 11) is 1.39. The highest BCUT2D eigenvalue weighted by Gasteiger charge is 2.32. The molecule has 1 N–H and O–H groups in total. The quantitative estimate of drug-likeness (QED) is 0.844. The van der Waals surface area contributed by atoms with E-state index >= 15 is 0 Å². The summed E-state index contributed by atoms with van der Waals surface area (Å²) in [5.74, 6) is -0.460. The first-order valence-corrected chi connectivity index (χ1v) is 7.37. The number of anilines is 1. The number of likely N-dealkylation sites (tertiary alicyclic amines) is 1. The number of nitrogens with one attached hydrogen (secondary N) is 1. The zero-order chi connectivity index (χ0) is 15.2. The average Bonchev–Trinajstić information content (AvgIpc) is 3.01. The minimum atomic E-state index is -0.234. The zero-order valence-corrected chi connectivity index (χ0v) is 12.6. The van der Waals surface area contributed by atoms with E-state index in [0.717, 1.165) is 18.7 Å². The van der Waals surface area contributed by atoms with Crippen LogP contribution in [0, 0.1) is 5.92 Å². The molecule has 1 fully saturated rings. The zero-order valence-electron chi connectivity index (χ0n) is 12.6. The van der Waals surface area contributed by atoms with E-state index in [1.807, 2.05) is 24.3 Å². The van der Waals surface area contributed by atoms with Crippen LogP contribution >= 0.6 is 0 Å². The summed E-state index contributed by atoms with van der Waals surface area (Å²) in [6, 6.07) is 7.51. The molecule has 1 amide bonds. The molecule has 114 valence electrons. The van der Waals surface area contributed by atoms with Crippen LogP contribution in [0.1, 0.15) is 30.1 Å². The number of ether oxygens (including phenoxy) is 1. The number of rotatable bonds is 5. The van der Waals surface area contributed by atoms with Crippen LogP contribution in [-0.4, -0.2) is 43.5 Å². The van der Waals surface area contributed by atoms with E-state index < -0.39 is 0 Å². The van der Waals surface area contributed by atoms with Crippen LogP contribution in [0.5, 0.6) is 0 Å². The second kappa shape index (κ2) is 7.11. The molecular formula is C16H22N2O3. The fourth-order valence-corrected chi connectivity index (χ4v) is 2.56. The highest BCUT2D eigenvalue weighted by molar-refractivity contribution is 6.00. The van der Waals surface area contributed by atoms with Crippen LogP contribution in [0.25, 0.3) is 0 Å². The molecule has 0 saturated carbocycles. The highest BCUT2D eigenvalue weighted by atomic mass is 16.5. The lowest BCUT2D eigenvalue weighted by molar-refractivity contribution is -0.144. The van der Waals surface area contributed by atoms with Crippen LogP contribution in [0.4, 0.5) is 5.69 Å². The van der Waals surface area contributed by atoms with Gasteiger partial charge in [-0.2, -0.15) is 0 Å². The van der Waals surface area contributed by atoms with Crippen LogP contribution < -0.4 is 5.32 Å². The minimum Gasteiger partial charge on any atom is -0.469 e. The van der Waals surface area contributed by atoms with Crippen molar-refractivity contribution in [3.63, 3.8) is 0 Å². The third kappa shape index (κ3) is 3.54. The molecule has 1 aliphatic heterocycles. The van der Waals surface area contributed by atoms with Gasteiger partial charge in [0.15, 0.2) is 0 Å². The molecule has 1 saturated heterocycles. The molecule has 0 bridgehead atoms.